The van der Waals surface area contributed by atoms with E-state index in [1.165, 1.54) is 82.2 Å². The Labute approximate surface area is 558 Å². The molecule has 490 valence electrons. The average Bonchev–Trinajstić information content (AvgIpc) is 1.70. The Balaban J connectivity index is 0.000000156. The number of alkyl halides is 1. The van der Waals surface area contributed by atoms with E-state index in [0.29, 0.717) is 88.5 Å². The van der Waals surface area contributed by atoms with Crippen molar-refractivity contribution in [1.29, 1.82) is 0 Å². The second-order valence-corrected chi connectivity index (χ2v) is 23.6. The van der Waals surface area contributed by atoms with Gasteiger partial charge in [-0.05, 0) is 142 Å². The molecular weight excluding hydrogens is 1330 g/mol. The van der Waals surface area contributed by atoms with Crippen molar-refractivity contribution in [2.45, 2.75) is 54.4 Å². The van der Waals surface area contributed by atoms with Crippen molar-refractivity contribution in [1.82, 2.24) is 58.7 Å². The van der Waals surface area contributed by atoms with Crippen LogP contribution in [0.15, 0.2) is 131 Å². The van der Waals surface area contributed by atoms with Crippen LogP contribution in [0.25, 0.3) is 66.7 Å². The summed E-state index contributed by atoms with van der Waals surface area (Å²) in [6.07, 6.45) is 10.6. The number of rotatable bonds is 8. The number of nitrogen functional groups attached to an aromatic ring is 1. The summed E-state index contributed by atoms with van der Waals surface area (Å²) in [7, 11) is 4.32. The Morgan fingerprint density at radius 2 is 1.09 bits per heavy atom. The predicted octanol–water partition coefficient (Wildman–Crippen LogP) is 12.0. The molecule has 2 aliphatic rings. The number of hydrogen-bond acceptors (Lipinski definition) is 19. The Hall–Kier alpha value is -8.07. The van der Waals surface area contributed by atoms with E-state index in [9.17, 15) is 28.0 Å². The quantitative estimate of drug-likeness (QED) is 0.0815. The van der Waals surface area contributed by atoms with Crippen LogP contribution in [0.4, 0.5) is 20.3 Å². The number of aryl methyl sites for hydroxylation is 3. The maximum atomic E-state index is 13.2. The molecule has 3 aromatic carbocycles. The molecule has 0 spiro atoms. The van der Waals surface area contributed by atoms with E-state index < -0.39 is 28.5 Å². The minimum Gasteiger partial charge on any atom is -0.422 e. The van der Waals surface area contributed by atoms with Crippen LogP contribution in [0.1, 0.15) is 61.1 Å². The highest BCUT2D eigenvalue weighted by Crippen LogP contribution is 2.28. The number of anilines is 2. The van der Waals surface area contributed by atoms with E-state index in [4.69, 9.17) is 53.8 Å². The lowest BCUT2D eigenvalue weighted by molar-refractivity contribution is 0.102. The van der Waals surface area contributed by atoms with Gasteiger partial charge in [-0.2, -0.15) is 0 Å². The van der Waals surface area contributed by atoms with Gasteiger partial charge in [0, 0.05) is 97.6 Å². The largest absolute Gasteiger partial charge is 0.422 e. The summed E-state index contributed by atoms with van der Waals surface area (Å²) in [6, 6.07) is 18.8. The smallest absolute Gasteiger partial charge is 0.347 e. The fraction of sp³-hybridized carbons (Fsp3) is 0.333. The summed E-state index contributed by atoms with van der Waals surface area (Å²) in [5, 5.41) is 6.47. The van der Waals surface area contributed by atoms with Crippen LogP contribution >= 0.6 is 50.7 Å². The highest BCUT2D eigenvalue weighted by molar-refractivity contribution is 9.09. The third-order valence-corrected chi connectivity index (χ3v) is 16.2. The zero-order valence-corrected chi connectivity index (χ0v) is 56.6. The standard InChI is InChI=1S/C22H22ClN5O2.C16H9ClFN3O2.C11H6BrFO3.C6H14N2.C6H15N.C5H6ClN3/c1-14-21-25-18(12-28(21)13-20(23)24-14)17-10-15-4-5-16(11-19(15)30-22(17)29)27-7-3-6-26(2)8-9-27;1-8-15-20-12(6-21(15)7-14(17)19-8)11-4-9-2-3-10(18)5-13(9)23-16(11)22;12-5-9(14)8-3-6-1-2-7(13)4-10(6)16-11(8)15;1-8-5-2-3-7-4-6-8;1-4-7(5-2)6-3;1-3-5(7)8-2-4(6)9-3/h4-5,10-13H,3,6-9H2,1-2H3;2-7H,1H3;1-4H,5H2;7H,2-6H2,1H3;4-6H2,1-3H3;2H,1H3,(H2,7,8). The first-order valence-corrected chi connectivity index (χ1v) is 32.3. The SMILES string of the molecule is CCN(CC)CC.CN1CCCNCC1.Cc1nc(Cl)cn2cc(-c3cc4ccc(F)cc4oc3=O)nc12.Cc1nc(Cl)cn2cc(-c3cc4ccc(N5CCCN(C)CC5)cc4oc3=O)nc12.Cc1nc(Cl)cnc1N.O=C(CBr)c1cc2ccc(F)cc2oc1=O. The van der Waals surface area contributed by atoms with Crippen molar-refractivity contribution in [3.63, 3.8) is 0 Å². The predicted molar refractivity (Wildman–Crippen MR) is 368 cm³/mol. The van der Waals surface area contributed by atoms with Crippen molar-refractivity contribution < 1.29 is 26.8 Å². The number of ketones is 1. The summed E-state index contributed by atoms with van der Waals surface area (Å²) in [6.45, 7) is 24.4. The van der Waals surface area contributed by atoms with Crippen LogP contribution in [0.5, 0.6) is 0 Å². The molecule has 0 unspecified atom stereocenters. The highest BCUT2D eigenvalue weighted by atomic mass is 79.9. The van der Waals surface area contributed by atoms with Gasteiger partial charge in [0.25, 0.3) is 0 Å². The molecule has 27 heteroatoms. The van der Waals surface area contributed by atoms with Crippen LogP contribution < -0.4 is 32.8 Å². The van der Waals surface area contributed by atoms with E-state index in [0.717, 1.165) is 56.3 Å². The van der Waals surface area contributed by atoms with Crippen molar-refractivity contribution in [3.8, 4) is 22.5 Å². The van der Waals surface area contributed by atoms with Gasteiger partial charge in [0.2, 0.25) is 0 Å². The topological polar surface area (TPSA) is 245 Å². The molecule has 13 rings (SSSR count). The van der Waals surface area contributed by atoms with Crippen molar-refractivity contribution in [2.24, 2.45) is 0 Å². The Kier molecular flexibility index (Phi) is 25.2. The minimum absolute atomic E-state index is 0.0315. The van der Waals surface area contributed by atoms with E-state index in [1.807, 2.05) is 25.1 Å². The number of nitrogens with two attached hydrogens (primary N) is 1. The Bertz CT molecular complexity index is 4590. The number of nitrogens with zero attached hydrogens (tertiary/aromatic N) is 12. The van der Waals surface area contributed by atoms with Crippen LogP contribution in [-0.4, -0.2) is 151 Å². The van der Waals surface area contributed by atoms with Crippen LogP contribution in [0.2, 0.25) is 15.5 Å². The number of halogens is 6. The number of nitrogens with one attached hydrogen (secondary N) is 1. The average molecular weight is 1400 g/mol. The van der Waals surface area contributed by atoms with Gasteiger partial charge in [-0.15, -0.1) is 0 Å². The zero-order valence-electron chi connectivity index (χ0n) is 52.8. The summed E-state index contributed by atoms with van der Waals surface area (Å²) < 4.78 is 45.3. The molecule has 93 heavy (non-hydrogen) atoms. The molecular formula is C66H72BrCl3F2N14O7. The molecule has 2 saturated heterocycles. The molecule has 2 aliphatic heterocycles. The van der Waals surface area contributed by atoms with Gasteiger partial charge >= 0.3 is 16.9 Å². The summed E-state index contributed by atoms with van der Waals surface area (Å²) in [4.78, 5) is 82.1. The minimum atomic E-state index is -0.748. The van der Waals surface area contributed by atoms with Crippen LogP contribution in [-0.2, 0) is 0 Å². The fourth-order valence-electron chi connectivity index (χ4n) is 10.00. The highest BCUT2D eigenvalue weighted by Gasteiger charge is 2.19. The lowest BCUT2D eigenvalue weighted by atomic mass is 10.1. The maximum Gasteiger partial charge on any atom is 0.347 e. The van der Waals surface area contributed by atoms with Gasteiger partial charge in [0.1, 0.15) is 55.2 Å². The summed E-state index contributed by atoms with van der Waals surface area (Å²) in [5.74, 6) is -0.882. The van der Waals surface area contributed by atoms with Crippen molar-refractivity contribution >= 4 is 112 Å². The number of carbonyl (C=O) groups is 1. The normalized spacial score (nSPS) is 13.6. The van der Waals surface area contributed by atoms with Gasteiger partial charge in [0.15, 0.2) is 17.1 Å². The van der Waals surface area contributed by atoms with Crippen molar-refractivity contribution in [3.05, 3.63) is 185 Å². The number of hydrogen-bond donors (Lipinski definition) is 2. The molecule has 11 aromatic rings. The van der Waals surface area contributed by atoms with Crippen molar-refractivity contribution in [2.75, 3.05) is 102 Å². The summed E-state index contributed by atoms with van der Waals surface area (Å²) >= 11 is 20.4. The van der Waals surface area contributed by atoms with Gasteiger partial charge < -0.3 is 52.7 Å². The number of imidazole rings is 2. The first-order chi connectivity index (χ1) is 44.5. The molecule has 0 atom stereocenters. The van der Waals surface area contributed by atoms with Gasteiger partial charge in [-0.1, -0.05) is 71.5 Å². The van der Waals surface area contributed by atoms with Crippen LogP contribution in [0.3, 0.4) is 0 Å². The number of aromatic nitrogens is 8. The first-order valence-electron chi connectivity index (χ1n) is 30.0. The van der Waals surface area contributed by atoms with Gasteiger partial charge in [0.05, 0.1) is 51.1 Å². The lowest BCUT2D eigenvalue weighted by Crippen LogP contribution is -2.28. The third-order valence-electron chi connectivity index (χ3n) is 15.2. The Morgan fingerprint density at radius 3 is 1.60 bits per heavy atom. The first kappa shape index (κ1) is 70.8. The molecule has 3 N–H and O–H groups in total. The van der Waals surface area contributed by atoms with E-state index >= 15 is 0 Å². The number of likely N-dealkylation sites (N-methyl/N-ethyl adjacent to an activating group) is 2. The Morgan fingerprint density at radius 1 is 0.591 bits per heavy atom. The fourth-order valence-corrected chi connectivity index (χ4v) is 10.9. The monoisotopic (exact) mass is 1390 g/mol. The molecule has 0 saturated carbocycles. The molecule has 2 fully saturated rings. The molecule has 0 aliphatic carbocycles. The number of carbonyl (C=O) groups excluding carboxylic acids is 1. The van der Waals surface area contributed by atoms with E-state index in [2.05, 4.69) is 112 Å². The van der Waals surface area contributed by atoms with Gasteiger partial charge in [-0.3, -0.25) is 4.79 Å². The number of benzene rings is 3. The molecule has 0 amide bonds. The van der Waals surface area contributed by atoms with E-state index in [-0.39, 0.29) is 27.8 Å². The molecule has 0 bridgehead atoms. The van der Waals surface area contributed by atoms with E-state index in [1.54, 1.807) is 59.6 Å². The maximum absolute atomic E-state index is 13.2. The molecule has 0 radical (unpaired) electrons. The summed E-state index contributed by atoms with van der Waals surface area (Å²) in [5.41, 5.74) is 10.6. The lowest BCUT2D eigenvalue weighted by Gasteiger charge is -2.22. The second-order valence-electron chi connectivity index (χ2n) is 21.8. The third kappa shape index (κ3) is 19.1. The number of fused-ring (bicyclic) bond motifs is 5. The van der Waals surface area contributed by atoms with Gasteiger partial charge in [-0.25, -0.2) is 53.1 Å². The second kappa shape index (κ2) is 33.2. The number of Topliss-reactive ketones (excluding diaryl/α,β-unsaturated/α-hetero) is 1. The molecule has 21 nitrogen and oxygen atoms in total. The molecule has 10 heterocycles. The van der Waals surface area contributed by atoms with Crippen LogP contribution in [0, 0.1) is 32.4 Å². The molecule has 8 aromatic heterocycles. The zero-order chi connectivity index (χ0) is 67.0.